The first-order valence-corrected chi connectivity index (χ1v) is 6.67. The van der Waals surface area contributed by atoms with Gasteiger partial charge in [-0.15, -0.1) is 11.3 Å². The van der Waals surface area contributed by atoms with Crippen molar-refractivity contribution >= 4 is 33.7 Å². The van der Waals surface area contributed by atoms with E-state index in [0.717, 1.165) is 21.6 Å². The van der Waals surface area contributed by atoms with Gasteiger partial charge in [0.1, 0.15) is 0 Å². The van der Waals surface area contributed by atoms with E-state index in [1.807, 2.05) is 12.1 Å². The van der Waals surface area contributed by atoms with Crippen molar-refractivity contribution in [1.82, 2.24) is 15.0 Å². The van der Waals surface area contributed by atoms with Crippen LogP contribution in [0.5, 0.6) is 0 Å². The van der Waals surface area contributed by atoms with E-state index in [0.29, 0.717) is 11.2 Å². The van der Waals surface area contributed by atoms with Crippen molar-refractivity contribution in [2.75, 3.05) is 0 Å². The van der Waals surface area contributed by atoms with Crippen molar-refractivity contribution in [3.05, 3.63) is 53.1 Å². The van der Waals surface area contributed by atoms with Gasteiger partial charge in [0.05, 0.1) is 22.1 Å². The Labute approximate surface area is 117 Å². The van der Waals surface area contributed by atoms with Crippen LogP contribution in [0, 0.1) is 0 Å². The van der Waals surface area contributed by atoms with Crippen LogP contribution in [0.2, 0.25) is 0 Å². The third kappa shape index (κ3) is 2.55. The lowest BCUT2D eigenvalue weighted by Crippen LogP contribution is -1.80. The minimum atomic E-state index is -2.54. The molecule has 20 heavy (non-hydrogen) atoms. The van der Waals surface area contributed by atoms with Crippen LogP contribution in [-0.4, -0.2) is 15.0 Å². The molecule has 0 amide bonds. The van der Waals surface area contributed by atoms with E-state index in [1.165, 1.54) is 0 Å². The van der Waals surface area contributed by atoms with Gasteiger partial charge in [-0.2, -0.15) is 0 Å². The Morgan fingerprint density at radius 1 is 1.15 bits per heavy atom. The molecule has 0 saturated carbocycles. The molecule has 0 aliphatic heterocycles. The molecule has 0 aliphatic carbocycles. The highest BCUT2D eigenvalue weighted by molar-refractivity contribution is 7.18. The fourth-order valence-electron chi connectivity index (χ4n) is 1.78. The number of halogens is 2. The van der Waals surface area contributed by atoms with Gasteiger partial charge >= 0.3 is 0 Å². The average molecular weight is 289 g/mol. The topological polar surface area (TPSA) is 38.7 Å². The third-order valence-electron chi connectivity index (χ3n) is 2.67. The van der Waals surface area contributed by atoms with Gasteiger partial charge in [0, 0.05) is 12.4 Å². The van der Waals surface area contributed by atoms with Gasteiger partial charge in [-0.1, -0.05) is 18.2 Å². The Balaban J connectivity index is 2.01. The second-order valence-corrected chi connectivity index (χ2v) is 5.04. The van der Waals surface area contributed by atoms with Crippen molar-refractivity contribution in [3.63, 3.8) is 0 Å². The Morgan fingerprint density at radius 2 is 2.05 bits per heavy atom. The maximum Gasteiger partial charge on any atom is 0.289 e. The standard InChI is InChI=1S/C14H9F2N3S/c15-13(16)14-19-11-3-1-2-9(12(11)20-14)4-5-10-8-17-6-7-18-10/h1-8,13H/b5-4+. The Hall–Kier alpha value is -2.21. The molecule has 3 aromatic rings. The van der Waals surface area contributed by atoms with Crippen molar-refractivity contribution in [1.29, 1.82) is 0 Å². The Morgan fingerprint density at radius 3 is 2.80 bits per heavy atom. The molecule has 3 rings (SSSR count). The molecular weight excluding hydrogens is 280 g/mol. The van der Waals surface area contributed by atoms with E-state index in [1.54, 1.807) is 36.8 Å². The summed E-state index contributed by atoms with van der Waals surface area (Å²) in [5.74, 6) is 0. The number of alkyl halides is 2. The fraction of sp³-hybridized carbons (Fsp3) is 0.0714. The lowest BCUT2D eigenvalue weighted by Gasteiger charge is -1.95. The molecule has 0 bridgehead atoms. The quantitative estimate of drug-likeness (QED) is 0.725. The van der Waals surface area contributed by atoms with Gasteiger partial charge in [0.25, 0.3) is 6.43 Å². The molecule has 0 spiro atoms. The zero-order valence-corrected chi connectivity index (χ0v) is 11.0. The van der Waals surface area contributed by atoms with Crippen molar-refractivity contribution in [3.8, 4) is 0 Å². The summed E-state index contributed by atoms with van der Waals surface area (Å²) < 4.78 is 26.2. The zero-order chi connectivity index (χ0) is 13.9. The number of nitrogens with zero attached hydrogens (tertiary/aromatic N) is 3. The number of benzene rings is 1. The summed E-state index contributed by atoms with van der Waals surface area (Å²) in [6.45, 7) is 0. The predicted molar refractivity (Wildman–Crippen MR) is 75.5 cm³/mol. The smallest absolute Gasteiger partial charge is 0.261 e. The molecule has 100 valence electrons. The SMILES string of the molecule is FC(F)c1nc2cccc(/C=C/c3cnccn3)c2s1. The van der Waals surface area contributed by atoms with Crippen LogP contribution in [0.25, 0.3) is 22.4 Å². The highest BCUT2D eigenvalue weighted by Gasteiger charge is 2.14. The van der Waals surface area contributed by atoms with Crippen LogP contribution >= 0.6 is 11.3 Å². The number of aromatic nitrogens is 3. The Bertz CT molecular complexity index is 753. The molecule has 1 aromatic carbocycles. The molecule has 0 fully saturated rings. The average Bonchev–Trinajstić information content (AvgIpc) is 2.91. The summed E-state index contributed by atoms with van der Waals surface area (Å²) in [7, 11) is 0. The number of rotatable bonds is 3. The monoisotopic (exact) mass is 289 g/mol. The second-order valence-electron chi connectivity index (χ2n) is 4.01. The fourth-order valence-corrected chi connectivity index (χ4v) is 2.70. The zero-order valence-electron chi connectivity index (χ0n) is 10.2. The molecule has 2 aromatic heterocycles. The van der Waals surface area contributed by atoms with Gasteiger partial charge in [-0.25, -0.2) is 13.8 Å². The van der Waals surface area contributed by atoms with E-state index in [2.05, 4.69) is 15.0 Å². The summed E-state index contributed by atoms with van der Waals surface area (Å²) >= 11 is 1.02. The van der Waals surface area contributed by atoms with Crippen LogP contribution in [0.15, 0.2) is 36.8 Å². The summed E-state index contributed by atoms with van der Waals surface area (Å²) in [5.41, 5.74) is 2.15. The van der Waals surface area contributed by atoms with Crippen LogP contribution in [0.1, 0.15) is 22.7 Å². The van der Waals surface area contributed by atoms with Crippen molar-refractivity contribution in [2.45, 2.75) is 6.43 Å². The van der Waals surface area contributed by atoms with Crippen molar-refractivity contribution < 1.29 is 8.78 Å². The molecular formula is C14H9F2N3S. The highest BCUT2D eigenvalue weighted by Crippen LogP contribution is 2.32. The summed E-state index contributed by atoms with van der Waals surface area (Å²) in [4.78, 5) is 12.0. The molecule has 6 heteroatoms. The Kier molecular flexibility index (Phi) is 3.47. The van der Waals surface area contributed by atoms with Gasteiger partial charge in [0.15, 0.2) is 5.01 Å². The first kappa shape index (κ1) is 12.8. The number of thiazole rings is 1. The van der Waals surface area contributed by atoms with Crippen LogP contribution < -0.4 is 0 Å². The van der Waals surface area contributed by atoms with E-state index < -0.39 is 6.43 Å². The lowest BCUT2D eigenvalue weighted by molar-refractivity contribution is 0.151. The lowest BCUT2D eigenvalue weighted by atomic mass is 10.2. The molecule has 0 atom stereocenters. The van der Waals surface area contributed by atoms with Gasteiger partial charge < -0.3 is 0 Å². The maximum absolute atomic E-state index is 12.7. The number of fused-ring (bicyclic) bond motifs is 1. The minimum Gasteiger partial charge on any atom is -0.261 e. The van der Waals surface area contributed by atoms with E-state index in [9.17, 15) is 8.78 Å². The molecule has 0 unspecified atom stereocenters. The molecule has 3 nitrogen and oxygen atoms in total. The van der Waals surface area contributed by atoms with Gasteiger partial charge in [-0.05, 0) is 17.7 Å². The molecule has 2 heterocycles. The predicted octanol–water partition coefficient (Wildman–Crippen LogP) is 4.19. The van der Waals surface area contributed by atoms with Gasteiger partial charge in [0.2, 0.25) is 0 Å². The molecule has 0 radical (unpaired) electrons. The minimum absolute atomic E-state index is 0.152. The number of hydrogen-bond acceptors (Lipinski definition) is 4. The largest absolute Gasteiger partial charge is 0.289 e. The van der Waals surface area contributed by atoms with Crippen LogP contribution in [-0.2, 0) is 0 Å². The van der Waals surface area contributed by atoms with E-state index >= 15 is 0 Å². The second kappa shape index (κ2) is 5.42. The highest BCUT2D eigenvalue weighted by atomic mass is 32.1. The normalized spacial score (nSPS) is 11.8. The third-order valence-corrected chi connectivity index (χ3v) is 3.79. The summed E-state index contributed by atoms with van der Waals surface area (Å²) in [6.07, 6.45) is 5.92. The summed E-state index contributed by atoms with van der Waals surface area (Å²) in [5, 5.41) is -0.152. The first-order chi connectivity index (χ1) is 9.74. The molecule has 0 aliphatic rings. The van der Waals surface area contributed by atoms with Gasteiger partial charge in [-0.3, -0.25) is 9.97 Å². The molecule has 0 saturated heterocycles. The molecule has 0 N–H and O–H groups in total. The van der Waals surface area contributed by atoms with E-state index in [-0.39, 0.29) is 5.01 Å². The van der Waals surface area contributed by atoms with E-state index in [4.69, 9.17) is 0 Å². The van der Waals surface area contributed by atoms with Crippen LogP contribution in [0.4, 0.5) is 8.78 Å². The first-order valence-electron chi connectivity index (χ1n) is 5.86. The number of hydrogen-bond donors (Lipinski definition) is 0. The van der Waals surface area contributed by atoms with Crippen molar-refractivity contribution in [2.24, 2.45) is 0 Å². The summed E-state index contributed by atoms with van der Waals surface area (Å²) in [6, 6.07) is 5.40. The van der Waals surface area contributed by atoms with Crippen LogP contribution in [0.3, 0.4) is 0 Å². The maximum atomic E-state index is 12.7.